The number of nitrogens with zero attached hydrogens (tertiary/aromatic N) is 1. The van der Waals surface area contributed by atoms with Gasteiger partial charge in [-0.05, 0) is 57.9 Å². The molecular formula is C19H31N3O5S. The second kappa shape index (κ2) is 10.4. The van der Waals surface area contributed by atoms with E-state index < -0.39 is 22.7 Å². The van der Waals surface area contributed by atoms with E-state index in [1.165, 1.54) is 4.31 Å². The summed E-state index contributed by atoms with van der Waals surface area (Å²) in [5.74, 6) is 0.416. The van der Waals surface area contributed by atoms with Gasteiger partial charge in [0.25, 0.3) is 0 Å². The van der Waals surface area contributed by atoms with Gasteiger partial charge in [-0.3, -0.25) is 4.79 Å². The molecule has 0 radical (unpaired) electrons. The molecule has 0 heterocycles. The van der Waals surface area contributed by atoms with Crippen LogP contribution in [0, 0.1) is 13.8 Å². The van der Waals surface area contributed by atoms with Crippen LogP contribution in [0.5, 0.6) is 5.75 Å². The maximum absolute atomic E-state index is 12.8. The Morgan fingerprint density at radius 3 is 2.14 bits per heavy atom. The number of hydrogen-bond donors (Lipinski definition) is 2. The van der Waals surface area contributed by atoms with E-state index >= 15 is 0 Å². The number of aryl methyl sites for hydroxylation is 2. The number of carbonyl (C=O) groups excluding carboxylic acids is 2. The lowest BCUT2D eigenvalue weighted by Crippen LogP contribution is -2.41. The largest absolute Gasteiger partial charge is 0.497 e. The van der Waals surface area contributed by atoms with Crippen molar-refractivity contribution in [2.24, 2.45) is 0 Å². The number of likely N-dealkylation sites (N-methyl/N-ethyl adjacent to an activating group) is 1. The van der Waals surface area contributed by atoms with Crippen LogP contribution in [-0.4, -0.2) is 59.9 Å². The third-order valence-electron chi connectivity index (χ3n) is 3.61. The van der Waals surface area contributed by atoms with Gasteiger partial charge in [-0.2, -0.15) is 0 Å². The smallest absolute Gasteiger partial charge is 0.407 e. The van der Waals surface area contributed by atoms with Crippen molar-refractivity contribution in [1.82, 2.24) is 14.9 Å². The Morgan fingerprint density at radius 1 is 1.11 bits per heavy atom. The fourth-order valence-electron chi connectivity index (χ4n) is 2.46. The van der Waals surface area contributed by atoms with Gasteiger partial charge in [0.15, 0.2) is 0 Å². The molecule has 28 heavy (non-hydrogen) atoms. The molecule has 1 aromatic rings. The fraction of sp³-hybridized carbons (Fsp3) is 0.579. The molecule has 0 aliphatic heterocycles. The van der Waals surface area contributed by atoms with Gasteiger partial charge in [-0.25, -0.2) is 13.3 Å². The second-order valence-corrected chi connectivity index (χ2v) is 8.93. The van der Waals surface area contributed by atoms with E-state index in [0.717, 1.165) is 11.1 Å². The fourth-order valence-corrected chi connectivity index (χ4v) is 3.67. The molecule has 8 nitrogen and oxygen atoms in total. The minimum Gasteiger partial charge on any atom is -0.497 e. The third-order valence-corrected chi connectivity index (χ3v) is 5.30. The molecule has 0 aliphatic carbocycles. The normalized spacial score (nSPS) is 12.4. The summed E-state index contributed by atoms with van der Waals surface area (Å²) in [6.45, 7) is 9.49. The first-order chi connectivity index (χ1) is 12.9. The Morgan fingerprint density at radius 2 is 1.64 bits per heavy atom. The van der Waals surface area contributed by atoms with E-state index in [0.29, 0.717) is 10.6 Å². The summed E-state index contributed by atoms with van der Waals surface area (Å²) in [5, 5.41) is 5.24. The number of rotatable bonds is 8. The lowest BCUT2D eigenvalue weighted by molar-refractivity contribution is -0.121. The SMILES string of the molecule is COc1cc(C)c(S(=O)N(C)CC(=O)NCCNC(=O)OC(C)(C)C)c(C)c1. The molecule has 0 saturated carbocycles. The highest BCUT2D eigenvalue weighted by molar-refractivity contribution is 7.82. The van der Waals surface area contributed by atoms with Crippen LogP contribution in [0.15, 0.2) is 17.0 Å². The number of alkyl carbamates (subject to hydrolysis) is 1. The topological polar surface area (TPSA) is 97.0 Å². The predicted molar refractivity (Wildman–Crippen MR) is 109 cm³/mol. The Labute approximate surface area is 169 Å². The first kappa shape index (κ1) is 23.9. The summed E-state index contributed by atoms with van der Waals surface area (Å²) in [5.41, 5.74) is 1.10. The van der Waals surface area contributed by atoms with Crippen molar-refractivity contribution in [3.8, 4) is 5.75 Å². The number of benzene rings is 1. The molecule has 158 valence electrons. The maximum Gasteiger partial charge on any atom is 0.407 e. The van der Waals surface area contributed by atoms with Gasteiger partial charge in [0.1, 0.15) is 22.3 Å². The highest BCUT2D eigenvalue weighted by Gasteiger charge is 2.19. The minimum absolute atomic E-state index is 0.0377. The van der Waals surface area contributed by atoms with E-state index in [2.05, 4.69) is 10.6 Å². The average molecular weight is 414 g/mol. The molecule has 0 aliphatic rings. The van der Waals surface area contributed by atoms with Crippen LogP contribution < -0.4 is 15.4 Å². The summed E-state index contributed by atoms with van der Waals surface area (Å²) in [4.78, 5) is 24.3. The van der Waals surface area contributed by atoms with E-state index in [1.807, 2.05) is 26.0 Å². The van der Waals surface area contributed by atoms with Gasteiger partial charge in [-0.15, -0.1) is 0 Å². The molecule has 9 heteroatoms. The Bertz CT molecular complexity index is 708. The number of carbonyl (C=O) groups is 2. The summed E-state index contributed by atoms with van der Waals surface area (Å²) in [6.07, 6.45) is -0.537. The van der Waals surface area contributed by atoms with E-state index in [4.69, 9.17) is 9.47 Å². The molecule has 2 N–H and O–H groups in total. The zero-order valence-corrected chi connectivity index (χ0v) is 18.5. The molecule has 0 spiro atoms. The lowest BCUT2D eigenvalue weighted by Gasteiger charge is -2.20. The van der Waals surface area contributed by atoms with Gasteiger partial charge in [0, 0.05) is 20.1 Å². The maximum atomic E-state index is 12.8. The number of ether oxygens (including phenoxy) is 2. The zero-order valence-electron chi connectivity index (χ0n) is 17.7. The van der Waals surface area contributed by atoms with Crippen molar-refractivity contribution in [1.29, 1.82) is 0 Å². The van der Waals surface area contributed by atoms with Crippen LogP contribution >= 0.6 is 0 Å². The number of amides is 2. The van der Waals surface area contributed by atoms with Crippen molar-refractivity contribution in [2.75, 3.05) is 33.8 Å². The van der Waals surface area contributed by atoms with Crippen molar-refractivity contribution < 1.29 is 23.3 Å². The summed E-state index contributed by atoms with van der Waals surface area (Å²) in [6, 6.07) is 3.63. The van der Waals surface area contributed by atoms with Crippen molar-refractivity contribution >= 4 is 23.0 Å². The van der Waals surface area contributed by atoms with Gasteiger partial charge in [-0.1, -0.05) is 0 Å². The van der Waals surface area contributed by atoms with E-state index in [1.54, 1.807) is 34.9 Å². The Hall–Kier alpha value is -2.13. The number of nitrogens with one attached hydrogen (secondary N) is 2. The number of hydrogen-bond acceptors (Lipinski definition) is 5. The van der Waals surface area contributed by atoms with Crippen LogP contribution in [0.2, 0.25) is 0 Å². The molecule has 0 fully saturated rings. The van der Waals surface area contributed by atoms with Crippen LogP contribution in [0.4, 0.5) is 4.79 Å². The Balaban J connectivity index is 2.50. The molecule has 1 unspecified atom stereocenters. The molecule has 0 saturated heterocycles. The van der Waals surface area contributed by atoms with Gasteiger partial charge in [0.2, 0.25) is 5.91 Å². The van der Waals surface area contributed by atoms with Crippen LogP contribution in [0.3, 0.4) is 0 Å². The van der Waals surface area contributed by atoms with E-state index in [9.17, 15) is 13.8 Å². The first-order valence-corrected chi connectivity index (χ1v) is 10.1. The van der Waals surface area contributed by atoms with Crippen LogP contribution in [0.1, 0.15) is 31.9 Å². The quantitative estimate of drug-likeness (QED) is 0.635. The van der Waals surface area contributed by atoms with Crippen molar-refractivity contribution in [3.05, 3.63) is 23.3 Å². The summed E-state index contributed by atoms with van der Waals surface area (Å²) in [7, 11) is 1.72. The predicted octanol–water partition coefficient (Wildman–Crippen LogP) is 1.91. The molecule has 2 amide bonds. The van der Waals surface area contributed by atoms with Gasteiger partial charge >= 0.3 is 6.09 Å². The molecule has 1 atom stereocenters. The summed E-state index contributed by atoms with van der Waals surface area (Å²) >= 11 is 0. The highest BCUT2D eigenvalue weighted by Crippen LogP contribution is 2.25. The Kier molecular flexibility index (Phi) is 8.90. The van der Waals surface area contributed by atoms with Crippen molar-refractivity contribution in [3.63, 3.8) is 0 Å². The molecule has 1 rings (SSSR count). The molecule has 0 bridgehead atoms. The standard InChI is InChI=1S/C19H31N3O5S/c1-13-10-15(26-7)11-14(2)17(13)28(25)22(6)12-16(23)20-8-9-21-18(24)27-19(3,4)5/h10-11H,8-9,12H2,1-7H3,(H,20,23)(H,21,24). The zero-order chi connectivity index (χ0) is 21.5. The highest BCUT2D eigenvalue weighted by atomic mass is 32.2. The van der Waals surface area contributed by atoms with Gasteiger partial charge < -0.3 is 20.1 Å². The molecule has 0 aromatic heterocycles. The average Bonchev–Trinajstić information content (AvgIpc) is 2.56. The first-order valence-electron chi connectivity index (χ1n) is 8.96. The number of methoxy groups -OCH3 is 1. The third kappa shape index (κ3) is 7.85. The molecule has 1 aromatic carbocycles. The van der Waals surface area contributed by atoms with Crippen molar-refractivity contribution in [2.45, 2.75) is 45.1 Å². The monoisotopic (exact) mass is 413 g/mol. The molecular weight excluding hydrogens is 382 g/mol. The minimum atomic E-state index is -1.48. The summed E-state index contributed by atoms with van der Waals surface area (Å²) < 4.78 is 24.6. The van der Waals surface area contributed by atoms with Crippen LogP contribution in [0.25, 0.3) is 0 Å². The van der Waals surface area contributed by atoms with Gasteiger partial charge in [0.05, 0.1) is 18.6 Å². The second-order valence-electron chi connectivity index (χ2n) is 7.40. The van der Waals surface area contributed by atoms with E-state index in [-0.39, 0.29) is 25.5 Å². The van der Waals surface area contributed by atoms with Crippen LogP contribution in [-0.2, 0) is 20.5 Å². The lowest BCUT2D eigenvalue weighted by atomic mass is 10.1.